The third-order valence-electron chi connectivity index (χ3n) is 5.46. The molecule has 29 heavy (non-hydrogen) atoms. The van der Waals surface area contributed by atoms with E-state index >= 15 is 0 Å². The molecule has 4 rings (SSSR count). The smallest absolute Gasteiger partial charge is 0.253 e. The first kappa shape index (κ1) is 21.1. The molecule has 0 bridgehead atoms. The molecule has 0 saturated carbocycles. The van der Waals surface area contributed by atoms with Gasteiger partial charge in [0, 0.05) is 22.3 Å². The van der Waals surface area contributed by atoms with Gasteiger partial charge in [-0.15, -0.1) is 12.1 Å². The van der Waals surface area contributed by atoms with Gasteiger partial charge in [0.1, 0.15) is 0 Å². The van der Waals surface area contributed by atoms with Crippen LogP contribution in [0.3, 0.4) is 0 Å². The van der Waals surface area contributed by atoms with E-state index in [1.54, 1.807) is 12.1 Å². The fraction of sp³-hybridized carbons (Fsp3) is 0.192. The largest absolute Gasteiger partial charge is 0.345 e. The van der Waals surface area contributed by atoms with Crippen LogP contribution in [0.5, 0.6) is 0 Å². The molecule has 3 aromatic rings. The van der Waals surface area contributed by atoms with E-state index < -0.39 is 0 Å². The number of benzene rings is 3. The van der Waals surface area contributed by atoms with Crippen LogP contribution in [0.15, 0.2) is 72.8 Å². The van der Waals surface area contributed by atoms with Crippen LogP contribution in [0.4, 0.5) is 5.69 Å². The molecule has 3 aromatic carbocycles. The van der Waals surface area contributed by atoms with Crippen molar-refractivity contribution in [2.75, 3.05) is 5.32 Å². The van der Waals surface area contributed by atoms with Gasteiger partial charge in [0.15, 0.2) is 0 Å². The van der Waals surface area contributed by atoms with Crippen LogP contribution in [0, 0.1) is 13.0 Å². The molecule has 0 spiro atoms. The van der Waals surface area contributed by atoms with Crippen LogP contribution in [-0.2, 0) is 22.2 Å². The Balaban J connectivity index is 0.00000240. The minimum Gasteiger partial charge on any atom is -0.345 e. The Labute approximate surface area is 183 Å². The number of carbonyl (C=O) groups is 1. The summed E-state index contributed by atoms with van der Waals surface area (Å²) in [6.45, 7) is 6.61. The molecule has 2 nitrogen and oxygen atoms in total. The number of carbonyl (C=O) groups excluding carboxylic acids is 1. The topological polar surface area (TPSA) is 29.1 Å². The van der Waals surface area contributed by atoms with Gasteiger partial charge in [-0.2, -0.15) is 18.2 Å². The average molecular weight is 425 g/mol. The molecule has 1 aliphatic rings. The van der Waals surface area contributed by atoms with Crippen molar-refractivity contribution in [3.8, 4) is 0 Å². The number of rotatable bonds is 3. The molecular formula is C26H24CoNO-. The second-order valence-corrected chi connectivity index (χ2v) is 8.07. The minimum atomic E-state index is -0.0966. The van der Waals surface area contributed by atoms with E-state index in [1.165, 1.54) is 22.3 Å². The molecule has 0 saturated heterocycles. The molecule has 0 aliphatic heterocycles. The molecule has 0 fully saturated rings. The summed E-state index contributed by atoms with van der Waals surface area (Å²) in [5.74, 6) is -0.0966. The van der Waals surface area contributed by atoms with Gasteiger partial charge in [-0.05, 0) is 53.2 Å². The van der Waals surface area contributed by atoms with E-state index in [0.717, 1.165) is 17.7 Å². The number of anilines is 1. The van der Waals surface area contributed by atoms with Crippen LogP contribution in [-0.4, -0.2) is 5.91 Å². The first-order valence-electron chi connectivity index (χ1n) is 9.64. The molecule has 1 N–H and O–H groups in total. The van der Waals surface area contributed by atoms with Crippen LogP contribution < -0.4 is 5.32 Å². The van der Waals surface area contributed by atoms with Crippen LogP contribution in [0.2, 0.25) is 0 Å². The second kappa shape index (κ2) is 8.40. The molecule has 1 amide bonds. The number of nitrogens with one attached hydrogen (secondary N) is 1. The normalized spacial score (nSPS) is 14.2. The molecule has 0 unspecified atom stereocenters. The number of hydrogen-bond donors (Lipinski definition) is 1. The fourth-order valence-electron chi connectivity index (χ4n) is 3.76. The number of allylic oxidation sites excluding steroid dienone is 1. The number of hydrogen-bond acceptors (Lipinski definition) is 1. The Kier molecular flexibility index (Phi) is 6.11. The summed E-state index contributed by atoms with van der Waals surface area (Å²) in [4.78, 5) is 12.8. The van der Waals surface area contributed by atoms with E-state index in [2.05, 4.69) is 68.6 Å². The van der Waals surface area contributed by atoms with Gasteiger partial charge in [0.2, 0.25) is 0 Å². The van der Waals surface area contributed by atoms with Gasteiger partial charge in [0.05, 0.1) is 0 Å². The van der Waals surface area contributed by atoms with Crippen molar-refractivity contribution < 1.29 is 21.6 Å². The van der Waals surface area contributed by atoms with Gasteiger partial charge in [-0.1, -0.05) is 61.5 Å². The average Bonchev–Trinajstić information content (AvgIpc) is 2.69. The third-order valence-corrected chi connectivity index (χ3v) is 5.46. The van der Waals surface area contributed by atoms with E-state index in [0.29, 0.717) is 5.56 Å². The first-order valence-corrected chi connectivity index (χ1v) is 9.64. The predicted octanol–water partition coefficient (Wildman–Crippen LogP) is 6.16. The molecule has 0 atom stereocenters. The van der Waals surface area contributed by atoms with E-state index in [9.17, 15) is 4.79 Å². The van der Waals surface area contributed by atoms with E-state index in [1.807, 2.05) is 24.3 Å². The summed E-state index contributed by atoms with van der Waals surface area (Å²) >= 11 is 0. The first-order chi connectivity index (χ1) is 13.4. The van der Waals surface area contributed by atoms with Crippen molar-refractivity contribution in [2.24, 2.45) is 0 Å². The Morgan fingerprint density at radius 3 is 2.38 bits per heavy atom. The maximum Gasteiger partial charge on any atom is 0.253 e. The zero-order valence-electron chi connectivity index (χ0n) is 16.9. The molecule has 0 aromatic heterocycles. The summed E-state index contributed by atoms with van der Waals surface area (Å²) in [5, 5.41) is 2.97. The maximum atomic E-state index is 12.8. The molecule has 149 valence electrons. The summed E-state index contributed by atoms with van der Waals surface area (Å²) in [5.41, 5.74) is 7.57. The van der Waals surface area contributed by atoms with Crippen molar-refractivity contribution in [1.82, 2.24) is 0 Å². The maximum absolute atomic E-state index is 12.8. The molecule has 3 heteroatoms. The van der Waals surface area contributed by atoms with Gasteiger partial charge in [-0.25, -0.2) is 0 Å². The summed E-state index contributed by atoms with van der Waals surface area (Å²) in [7, 11) is 0. The molecule has 1 aliphatic carbocycles. The van der Waals surface area contributed by atoms with Gasteiger partial charge < -0.3 is 5.32 Å². The standard InChI is InChI=1S/C26H24NO.Co/c1-18-9-11-19(12-10-18)22-15-16-26(2,3)24-14-13-20(17-23(22)24)25(28)27-21-7-5-4-6-8-21;/h5-15,17H,16H2,1-3H3,(H,27,28);/q-1;. The van der Waals surface area contributed by atoms with Crippen molar-refractivity contribution in [3.05, 3.63) is 107 Å². The summed E-state index contributed by atoms with van der Waals surface area (Å²) < 4.78 is 0. The van der Waals surface area contributed by atoms with Gasteiger partial charge in [-0.3, -0.25) is 4.79 Å². The number of amides is 1. The van der Waals surface area contributed by atoms with Crippen molar-refractivity contribution in [3.63, 3.8) is 0 Å². The Bertz CT molecular complexity index is 1050. The van der Waals surface area contributed by atoms with Crippen LogP contribution in [0.1, 0.15) is 52.9 Å². The second-order valence-electron chi connectivity index (χ2n) is 8.07. The quantitative estimate of drug-likeness (QED) is 0.501. The van der Waals surface area contributed by atoms with Crippen molar-refractivity contribution >= 4 is 17.2 Å². The van der Waals surface area contributed by atoms with Crippen molar-refractivity contribution in [2.45, 2.75) is 32.6 Å². The fourth-order valence-corrected chi connectivity index (χ4v) is 3.76. The van der Waals surface area contributed by atoms with Gasteiger partial charge >= 0.3 is 0 Å². The van der Waals surface area contributed by atoms with Crippen LogP contribution in [0.25, 0.3) is 5.57 Å². The molecule has 0 heterocycles. The van der Waals surface area contributed by atoms with E-state index in [-0.39, 0.29) is 28.1 Å². The Morgan fingerprint density at radius 1 is 1.00 bits per heavy atom. The minimum absolute atomic E-state index is 0. The molecular weight excluding hydrogens is 401 g/mol. The van der Waals surface area contributed by atoms with E-state index in [4.69, 9.17) is 0 Å². The summed E-state index contributed by atoms with van der Waals surface area (Å²) in [6, 6.07) is 24.9. The zero-order chi connectivity index (χ0) is 19.7. The number of aryl methyl sites for hydroxylation is 1. The van der Waals surface area contributed by atoms with Crippen molar-refractivity contribution in [1.29, 1.82) is 0 Å². The Hall–Kier alpha value is -2.62. The summed E-state index contributed by atoms with van der Waals surface area (Å²) in [6.07, 6.45) is 3.29. The predicted molar refractivity (Wildman–Crippen MR) is 116 cm³/mol. The molecule has 1 radical (unpaired) electrons. The number of fused-ring (bicyclic) bond motifs is 1. The SMILES string of the molecule is Cc1ccc(C2=CCC(C)(C)c3ccc(C(=O)Nc4cc[c-]cc4)cc32)cc1.[Co]. The van der Waals surface area contributed by atoms with Crippen LogP contribution >= 0.6 is 0 Å². The Morgan fingerprint density at radius 2 is 1.69 bits per heavy atom. The zero-order valence-corrected chi connectivity index (χ0v) is 17.9. The van der Waals surface area contributed by atoms with Gasteiger partial charge in [0.25, 0.3) is 5.91 Å². The monoisotopic (exact) mass is 425 g/mol. The third kappa shape index (κ3) is 4.36.